The van der Waals surface area contributed by atoms with Crippen LogP contribution in [0, 0.1) is 5.41 Å². The van der Waals surface area contributed by atoms with Crippen molar-refractivity contribution in [2.45, 2.75) is 47.0 Å². The number of hydrogen-bond donors (Lipinski definition) is 0. The third-order valence-electron chi connectivity index (χ3n) is 4.54. The van der Waals surface area contributed by atoms with Gasteiger partial charge in [0.05, 0.1) is 11.0 Å². The Morgan fingerprint density at radius 3 is 2.18 bits per heavy atom. The maximum atomic E-state index is 12.6. The topological polar surface area (TPSA) is 52.6 Å². The zero-order chi connectivity index (χ0) is 20.7. The van der Waals surface area contributed by atoms with Crippen LogP contribution in [0.25, 0.3) is 6.08 Å². The van der Waals surface area contributed by atoms with Crippen LogP contribution in [0.2, 0.25) is 0 Å². The van der Waals surface area contributed by atoms with Gasteiger partial charge in [0.25, 0.3) is 0 Å². The molecule has 2 aromatic carbocycles. The molecule has 0 bridgehead atoms. The van der Waals surface area contributed by atoms with Crippen LogP contribution < -0.4 is 9.47 Å². The number of hydrogen-bond acceptors (Lipinski definition) is 4. The quantitative estimate of drug-likeness (QED) is 0.390. The van der Waals surface area contributed by atoms with E-state index in [1.165, 1.54) is 5.56 Å². The molecule has 0 saturated carbocycles. The largest absolute Gasteiger partial charge is 0.452 e. The summed E-state index contributed by atoms with van der Waals surface area (Å²) >= 11 is 0. The molecule has 0 fully saturated rings. The molecule has 146 valence electrons. The second-order valence-electron chi connectivity index (χ2n) is 9.11. The normalized spacial score (nSPS) is 15.4. The molecule has 1 aliphatic rings. The van der Waals surface area contributed by atoms with Gasteiger partial charge >= 0.3 is 5.97 Å². The van der Waals surface area contributed by atoms with Crippen LogP contribution in [0.4, 0.5) is 0 Å². The molecular formula is C24H26O4. The number of ether oxygens (including phenoxy) is 2. The van der Waals surface area contributed by atoms with E-state index >= 15 is 0 Å². The average Bonchev–Trinajstić information content (AvgIpc) is 2.89. The Balaban J connectivity index is 1.81. The van der Waals surface area contributed by atoms with E-state index < -0.39 is 5.41 Å². The fourth-order valence-corrected chi connectivity index (χ4v) is 2.72. The number of benzene rings is 2. The van der Waals surface area contributed by atoms with Crippen LogP contribution in [0.1, 0.15) is 63.0 Å². The molecule has 1 aliphatic heterocycles. The molecule has 1 heterocycles. The smallest absolute Gasteiger partial charge is 0.316 e. The average molecular weight is 378 g/mol. The second-order valence-corrected chi connectivity index (χ2v) is 9.11. The number of fused-ring (bicyclic) bond motifs is 1. The molecule has 0 aromatic heterocycles. The molecular weight excluding hydrogens is 352 g/mol. The van der Waals surface area contributed by atoms with E-state index in [4.69, 9.17) is 9.47 Å². The third kappa shape index (κ3) is 4.16. The fraction of sp³-hybridized carbons (Fsp3) is 0.333. The SMILES string of the molecule is CC(C)(C)C(=O)Oc1ccc2c(c1)O/C(=C/c1ccc(C(C)(C)C)cc1)C2=O. The second kappa shape index (κ2) is 6.93. The molecule has 4 heteroatoms. The summed E-state index contributed by atoms with van der Waals surface area (Å²) in [6, 6.07) is 12.9. The van der Waals surface area contributed by atoms with Gasteiger partial charge in [0.2, 0.25) is 5.78 Å². The number of allylic oxidation sites excluding steroid dienone is 1. The van der Waals surface area contributed by atoms with E-state index in [2.05, 4.69) is 32.9 Å². The summed E-state index contributed by atoms with van der Waals surface area (Å²) in [6.07, 6.45) is 1.73. The first-order valence-corrected chi connectivity index (χ1v) is 9.36. The zero-order valence-electron chi connectivity index (χ0n) is 17.3. The summed E-state index contributed by atoms with van der Waals surface area (Å²) in [5, 5.41) is 0. The van der Waals surface area contributed by atoms with E-state index in [1.807, 2.05) is 12.1 Å². The number of esters is 1. The minimum Gasteiger partial charge on any atom is -0.452 e. The van der Waals surface area contributed by atoms with Gasteiger partial charge in [-0.3, -0.25) is 9.59 Å². The number of carbonyl (C=O) groups excluding carboxylic acids is 2. The minimum atomic E-state index is -0.611. The van der Waals surface area contributed by atoms with Crippen LogP contribution in [0.15, 0.2) is 48.2 Å². The minimum absolute atomic E-state index is 0.0719. The Morgan fingerprint density at radius 1 is 0.964 bits per heavy atom. The van der Waals surface area contributed by atoms with Crippen molar-refractivity contribution in [1.82, 2.24) is 0 Å². The molecule has 0 amide bonds. The van der Waals surface area contributed by atoms with Gasteiger partial charge in [0.15, 0.2) is 5.76 Å². The monoisotopic (exact) mass is 378 g/mol. The summed E-state index contributed by atoms with van der Waals surface area (Å²) in [5.41, 5.74) is 2.04. The number of ketones is 1. The molecule has 2 aromatic rings. The lowest BCUT2D eigenvalue weighted by Crippen LogP contribution is -2.25. The van der Waals surface area contributed by atoms with Crippen LogP contribution in [0.3, 0.4) is 0 Å². The standard InChI is InChI=1S/C24H26O4/c1-23(2,3)16-9-7-15(8-10-16)13-20-21(25)18-12-11-17(14-19(18)28-20)27-22(26)24(4,5)6/h7-14H,1-6H3/b20-13+. The van der Waals surface area contributed by atoms with E-state index in [0.717, 1.165) is 5.56 Å². The van der Waals surface area contributed by atoms with Gasteiger partial charge in [0.1, 0.15) is 11.5 Å². The molecule has 0 aliphatic carbocycles. The molecule has 0 saturated heterocycles. The van der Waals surface area contributed by atoms with Crippen molar-refractivity contribution in [3.63, 3.8) is 0 Å². The first-order valence-electron chi connectivity index (χ1n) is 9.36. The lowest BCUT2D eigenvalue weighted by atomic mass is 9.86. The summed E-state index contributed by atoms with van der Waals surface area (Å²) in [4.78, 5) is 24.7. The molecule has 28 heavy (non-hydrogen) atoms. The highest BCUT2D eigenvalue weighted by Crippen LogP contribution is 2.35. The van der Waals surface area contributed by atoms with Crippen LogP contribution >= 0.6 is 0 Å². The van der Waals surface area contributed by atoms with Crippen molar-refractivity contribution < 1.29 is 19.1 Å². The van der Waals surface area contributed by atoms with Crippen molar-refractivity contribution in [3.05, 3.63) is 64.9 Å². The van der Waals surface area contributed by atoms with Gasteiger partial charge in [-0.15, -0.1) is 0 Å². The molecule has 0 spiro atoms. The Kier molecular flexibility index (Phi) is 4.92. The number of rotatable bonds is 2. The number of Topliss-reactive ketones (excluding diaryl/α,β-unsaturated/α-hetero) is 1. The lowest BCUT2D eigenvalue weighted by Gasteiger charge is -2.18. The van der Waals surface area contributed by atoms with Crippen LogP contribution in [-0.2, 0) is 10.2 Å². The highest BCUT2D eigenvalue weighted by Gasteiger charge is 2.29. The Morgan fingerprint density at radius 2 is 1.61 bits per heavy atom. The first-order chi connectivity index (χ1) is 12.9. The van der Waals surface area contributed by atoms with Crippen LogP contribution in [0.5, 0.6) is 11.5 Å². The molecule has 0 radical (unpaired) electrons. The molecule has 4 nitrogen and oxygen atoms in total. The zero-order valence-corrected chi connectivity index (χ0v) is 17.3. The van der Waals surface area contributed by atoms with Gasteiger partial charge in [0, 0.05) is 6.07 Å². The summed E-state index contributed by atoms with van der Waals surface area (Å²) in [5.74, 6) is 0.511. The Hall–Kier alpha value is -2.88. The van der Waals surface area contributed by atoms with E-state index in [1.54, 1.807) is 45.0 Å². The van der Waals surface area contributed by atoms with E-state index in [-0.39, 0.29) is 22.9 Å². The Labute approximate surface area is 166 Å². The molecule has 0 unspecified atom stereocenters. The van der Waals surface area contributed by atoms with Crippen molar-refractivity contribution in [1.29, 1.82) is 0 Å². The van der Waals surface area contributed by atoms with E-state index in [0.29, 0.717) is 17.1 Å². The highest BCUT2D eigenvalue weighted by molar-refractivity contribution is 6.14. The van der Waals surface area contributed by atoms with E-state index in [9.17, 15) is 9.59 Å². The summed E-state index contributed by atoms with van der Waals surface area (Å²) in [6.45, 7) is 11.8. The van der Waals surface area contributed by atoms with Crippen LogP contribution in [-0.4, -0.2) is 11.8 Å². The molecule has 3 rings (SSSR count). The molecule has 0 atom stereocenters. The van der Waals surface area contributed by atoms with Crippen molar-refractivity contribution >= 4 is 17.8 Å². The Bertz CT molecular complexity index is 952. The lowest BCUT2D eigenvalue weighted by molar-refractivity contribution is -0.143. The predicted molar refractivity (Wildman–Crippen MR) is 110 cm³/mol. The summed E-state index contributed by atoms with van der Waals surface area (Å²) in [7, 11) is 0. The van der Waals surface area contributed by atoms with Gasteiger partial charge in [-0.2, -0.15) is 0 Å². The third-order valence-corrected chi connectivity index (χ3v) is 4.54. The van der Waals surface area contributed by atoms with Crippen molar-refractivity contribution in [2.24, 2.45) is 5.41 Å². The maximum Gasteiger partial charge on any atom is 0.316 e. The van der Waals surface area contributed by atoms with Crippen molar-refractivity contribution in [2.75, 3.05) is 0 Å². The predicted octanol–water partition coefficient (Wildman–Crippen LogP) is 5.55. The first kappa shape index (κ1) is 19.9. The van der Waals surface area contributed by atoms with Gasteiger partial charge < -0.3 is 9.47 Å². The van der Waals surface area contributed by atoms with Gasteiger partial charge in [-0.05, 0) is 55.5 Å². The maximum absolute atomic E-state index is 12.6. The van der Waals surface area contributed by atoms with Gasteiger partial charge in [-0.1, -0.05) is 45.0 Å². The molecule has 0 N–H and O–H groups in total. The van der Waals surface area contributed by atoms with Gasteiger partial charge in [-0.25, -0.2) is 0 Å². The highest BCUT2D eigenvalue weighted by atomic mass is 16.5. The fourth-order valence-electron chi connectivity index (χ4n) is 2.72. The summed E-state index contributed by atoms with van der Waals surface area (Å²) < 4.78 is 11.1. The van der Waals surface area contributed by atoms with Crippen molar-refractivity contribution in [3.8, 4) is 11.5 Å². The number of carbonyl (C=O) groups is 2.